The van der Waals surface area contributed by atoms with Crippen LogP contribution in [-0.2, 0) is 6.42 Å². The van der Waals surface area contributed by atoms with Crippen LogP contribution in [0.1, 0.15) is 25.0 Å². The van der Waals surface area contributed by atoms with Gasteiger partial charge in [0.1, 0.15) is 0 Å². The van der Waals surface area contributed by atoms with E-state index < -0.39 is 26.5 Å². The summed E-state index contributed by atoms with van der Waals surface area (Å²) >= 11 is -3.76. The molecule has 0 saturated carbocycles. The molecule has 4 aromatic carbocycles. The van der Waals surface area contributed by atoms with Crippen molar-refractivity contribution in [2.45, 2.75) is 61.7 Å². The van der Waals surface area contributed by atoms with Gasteiger partial charge in [-0.3, -0.25) is 0 Å². The second kappa shape index (κ2) is 15.9. The molecule has 2 aromatic heterocycles. The second-order valence-electron chi connectivity index (χ2n) is 15.6. The van der Waals surface area contributed by atoms with Gasteiger partial charge in [-0.25, -0.2) is 0 Å². The van der Waals surface area contributed by atoms with E-state index >= 15 is 0 Å². The summed E-state index contributed by atoms with van der Waals surface area (Å²) in [7, 11) is 0. The van der Waals surface area contributed by atoms with E-state index in [0.29, 0.717) is 5.92 Å². The van der Waals surface area contributed by atoms with Gasteiger partial charge in [0.05, 0.1) is 0 Å². The minimum absolute atomic E-state index is 0.657. The van der Waals surface area contributed by atoms with E-state index in [4.69, 9.17) is 9.97 Å². The molecule has 0 N–H and O–H groups in total. The minimum atomic E-state index is -1.92. The fourth-order valence-electron chi connectivity index (χ4n) is 6.42. The maximum atomic E-state index is 4.86. The van der Waals surface area contributed by atoms with E-state index in [1.165, 1.54) is 48.9 Å². The summed E-state index contributed by atoms with van der Waals surface area (Å²) in [6.07, 6.45) is 5.41. The van der Waals surface area contributed by atoms with Gasteiger partial charge in [-0.05, 0) is 0 Å². The summed E-state index contributed by atoms with van der Waals surface area (Å²) in [5.74, 6) is 15.3. The van der Waals surface area contributed by atoms with Crippen LogP contribution in [0.25, 0.3) is 44.8 Å². The first-order chi connectivity index (χ1) is 23.3. The Hall–Kier alpha value is -3.73. The van der Waals surface area contributed by atoms with Crippen molar-refractivity contribution < 1.29 is 0 Å². The van der Waals surface area contributed by atoms with Crippen LogP contribution in [0.4, 0.5) is 0 Å². The van der Waals surface area contributed by atoms with Crippen molar-refractivity contribution in [2.24, 2.45) is 5.92 Å². The van der Waals surface area contributed by atoms with Gasteiger partial charge in [-0.15, -0.1) is 0 Å². The van der Waals surface area contributed by atoms with Crippen LogP contribution in [0.5, 0.6) is 0 Å². The molecule has 0 radical (unpaired) electrons. The molecule has 0 bridgehead atoms. The Kier molecular flexibility index (Phi) is 11.8. The van der Waals surface area contributed by atoms with Gasteiger partial charge in [0, 0.05) is 0 Å². The monoisotopic (exact) mass is 768 g/mol. The summed E-state index contributed by atoms with van der Waals surface area (Å²) in [6, 6.07) is 43.0. The number of hydrogen-bond donors (Lipinski definition) is 0. The van der Waals surface area contributed by atoms with Gasteiger partial charge in [0.15, 0.2) is 0 Å². The average molecular weight is 766 g/mol. The Bertz CT molecular complexity index is 1990. The first-order valence-electron chi connectivity index (χ1n) is 17.6. The molecule has 2 heterocycles. The molecule has 0 aliphatic heterocycles. The van der Waals surface area contributed by atoms with Crippen LogP contribution < -0.4 is 8.79 Å². The quantitative estimate of drug-likeness (QED) is 0.144. The number of hydrogen-bond acceptors (Lipinski definition) is 2. The zero-order chi connectivity index (χ0) is 35.2. The fraction of sp³-hybridized carbons (Fsp3) is 0.244. The van der Waals surface area contributed by atoms with E-state index in [1.54, 1.807) is 4.40 Å². The van der Waals surface area contributed by atoms with Crippen molar-refractivity contribution in [3.63, 3.8) is 0 Å². The van der Waals surface area contributed by atoms with E-state index in [9.17, 15) is 0 Å². The summed E-state index contributed by atoms with van der Waals surface area (Å²) in [5.41, 5.74) is 12.4. The van der Waals surface area contributed by atoms with Crippen LogP contribution in [0.15, 0.2) is 134 Å². The normalized spacial score (nSPS) is 11.6. The number of benzene rings is 4. The molecule has 0 aliphatic carbocycles. The molecule has 0 fully saturated rings. The van der Waals surface area contributed by atoms with Crippen molar-refractivity contribution in [1.82, 2.24) is 9.97 Å². The van der Waals surface area contributed by atoms with E-state index in [-0.39, 0.29) is 0 Å². The van der Waals surface area contributed by atoms with Crippen LogP contribution in [0, 0.1) is 12.8 Å². The van der Waals surface area contributed by atoms with Gasteiger partial charge in [0.2, 0.25) is 0 Å². The molecule has 6 rings (SSSR count). The van der Waals surface area contributed by atoms with Crippen LogP contribution in [0.2, 0.25) is 34.5 Å². The Morgan fingerprint density at radius 1 is 0.469 bits per heavy atom. The molecule has 0 atom stereocenters. The van der Waals surface area contributed by atoms with Gasteiger partial charge in [0.25, 0.3) is 0 Å². The summed E-state index contributed by atoms with van der Waals surface area (Å²) in [5, 5.41) is 0. The molecule has 0 aliphatic rings. The fourth-order valence-corrected chi connectivity index (χ4v) is 13.3. The number of pyridine rings is 2. The summed E-state index contributed by atoms with van der Waals surface area (Å²) in [6.45, 7) is 6.82. The third-order valence-corrected chi connectivity index (χ3v) is 17.7. The van der Waals surface area contributed by atoms with Crippen LogP contribution in [-0.4, -0.2) is 36.5 Å². The molecule has 0 unspecified atom stereocenters. The topological polar surface area (TPSA) is 25.8 Å². The summed E-state index contributed by atoms with van der Waals surface area (Å²) < 4.78 is 3.04. The molecule has 0 saturated heterocycles. The molecule has 6 aromatic rings. The molecule has 4 heteroatoms. The summed E-state index contributed by atoms with van der Waals surface area (Å²) in [4.78, 5) is 9.62. The Balaban J connectivity index is 0.000000192. The SMILES string of the molecule is CC(C)Cc1cc(-c2cccc(-c3ccccc3)c2)nc[c]1[Ge]([CH3])([CH3])[CH3].Cc1cc(-c2cccc(-c3ccccc3)c2)nc[c]1[Ge]([CH3])([CH3])[CH3]. The number of rotatable bonds is 8. The van der Waals surface area contributed by atoms with Gasteiger partial charge < -0.3 is 0 Å². The molecule has 250 valence electrons. The first kappa shape index (κ1) is 36.5. The van der Waals surface area contributed by atoms with E-state index in [2.05, 4.69) is 189 Å². The van der Waals surface area contributed by atoms with E-state index in [0.717, 1.165) is 17.8 Å². The van der Waals surface area contributed by atoms with Crippen molar-refractivity contribution in [1.29, 1.82) is 0 Å². The predicted octanol–water partition coefficient (Wildman–Crippen LogP) is 11.4. The average Bonchev–Trinajstić information content (AvgIpc) is 3.08. The number of aryl methyl sites for hydroxylation is 1. The Morgan fingerprint density at radius 3 is 1.31 bits per heavy atom. The van der Waals surface area contributed by atoms with Crippen LogP contribution >= 0.6 is 0 Å². The third-order valence-electron chi connectivity index (χ3n) is 8.88. The van der Waals surface area contributed by atoms with Gasteiger partial charge in [-0.1, -0.05) is 0 Å². The zero-order valence-corrected chi connectivity index (χ0v) is 35.1. The van der Waals surface area contributed by atoms with Crippen molar-refractivity contribution in [2.75, 3.05) is 0 Å². The van der Waals surface area contributed by atoms with Gasteiger partial charge in [-0.2, -0.15) is 0 Å². The molecular formula is C45H52Ge2N2. The molecule has 49 heavy (non-hydrogen) atoms. The molecular weight excluding hydrogens is 714 g/mol. The second-order valence-corrected chi connectivity index (χ2v) is 36.7. The van der Waals surface area contributed by atoms with E-state index in [1.807, 2.05) is 0 Å². The maximum absolute atomic E-state index is 4.86. The van der Waals surface area contributed by atoms with Gasteiger partial charge >= 0.3 is 303 Å². The molecule has 0 spiro atoms. The Labute approximate surface area is 300 Å². The van der Waals surface area contributed by atoms with Crippen molar-refractivity contribution in [3.05, 3.63) is 145 Å². The standard InChI is InChI=1S/C24H29GeN.C21H23GeN/c1-18(2)14-22-16-24(26-17-23(22)25(3,4)5)21-13-9-12-20(15-21)19-10-7-6-8-11-19;1-16-13-21(23-15-20(16)22(2,3)4)19-12-8-11-18(14-19)17-9-6-5-7-10-17/h6-13,15-18H,14H2,1-5H3;5-15H,1-4H3. The van der Waals surface area contributed by atoms with Crippen molar-refractivity contribution in [3.8, 4) is 44.8 Å². The zero-order valence-electron chi connectivity index (χ0n) is 30.9. The molecule has 0 amide bonds. The van der Waals surface area contributed by atoms with Crippen molar-refractivity contribution >= 4 is 35.3 Å². The Morgan fingerprint density at radius 2 is 0.878 bits per heavy atom. The molecule has 2 nitrogen and oxygen atoms in total. The first-order valence-corrected chi connectivity index (χ1v) is 32.3. The predicted molar refractivity (Wildman–Crippen MR) is 219 cm³/mol. The number of aromatic nitrogens is 2. The number of nitrogens with zero attached hydrogens (tertiary/aromatic N) is 2. The van der Waals surface area contributed by atoms with Crippen LogP contribution in [0.3, 0.4) is 0 Å². The third kappa shape index (κ3) is 9.71.